The van der Waals surface area contributed by atoms with E-state index in [0.29, 0.717) is 11.1 Å². The molecular weight excluding hydrogens is 322 g/mol. The van der Waals surface area contributed by atoms with Crippen molar-refractivity contribution in [3.05, 3.63) is 52.1 Å². The van der Waals surface area contributed by atoms with Crippen LogP contribution in [0.4, 0.5) is 0 Å². The molecule has 0 aliphatic heterocycles. The minimum atomic E-state index is 0.0753. The summed E-state index contributed by atoms with van der Waals surface area (Å²) in [5.41, 5.74) is 1.71. The first kappa shape index (κ1) is 15.4. The summed E-state index contributed by atoms with van der Waals surface area (Å²) in [5, 5.41) is 5.52. The van der Waals surface area contributed by atoms with E-state index in [-0.39, 0.29) is 11.6 Å². The third-order valence-corrected chi connectivity index (χ3v) is 5.48. The topological polar surface area (TPSA) is 60.9 Å². The largest absolute Gasteiger partial charge is 0.361 e. The van der Waals surface area contributed by atoms with Crippen LogP contribution in [0.3, 0.4) is 0 Å². The van der Waals surface area contributed by atoms with Crippen LogP contribution in [0.1, 0.15) is 43.2 Å². The molecule has 0 radical (unpaired) electrons. The third kappa shape index (κ3) is 2.86. The zero-order valence-corrected chi connectivity index (χ0v) is 14.4. The van der Waals surface area contributed by atoms with Crippen molar-refractivity contribution < 1.29 is 4.52 Å². The number of para-hydroxylation sites is 1. The van der Waals surface area contributed by atoms with Crippen LogP contribution in [0.25, 0.3) is 10.9 Å². The lowest BCUT2D eigenvalue weighted by molar-refractivity contribution is 0.392. The van der Waals surface area contributed by atoms with Gasteiger partial charge >= 0.3 is 0 Å². The van der Waals surface area contributed by atoms with E-state index in [1.165, 1.54) is 12.8 Å². The van der Waals surface area contributed by atoms with Gasteiger partial charge < -0.3 is 4.52 Å². The van der Waals surface area contributed by atoms with Crippen molar-refractivity contribution in [2.45, 2.75) is 49.6 Å². The summed E-state index contributed by atoms with van der Waals surface area (Å²) < 4.78 is 7.03. The first-order valence-electron chi connectivity index (χ1n) is 8.28. The highest BCUT2D eigenvalue weighted by Gasteiger charge is 2.23. The molecule has 4 rings (SSSR count). The number of rotatable bonds is 4. The summed E-state index contributed by atoms with van der Waals surface area (Å²) in [6.45, 7) is 1.88. The van der Waals surface area contributed by atoms with Crippen LogP contribution < -0.4 is 5.56 Å². The van der Waals surface area contributed by atoms with Crippen molar-refractivity contribution in [2.75, 3.05) is 0 Å². The quantitative estimate of drug-likeness (QED) is 0.528. The molecule has 1 saturated carbocycles. The van der Waals surface area contributed by atoms with Crippen molar-refractivity contribution in [3.63, 3.8) is 0 Å². The molecule has 1 aliphatic carbocycles. The maximum Gasteiger partial charge on any atom is 0.262 e. The number of nitrogens with zero attached hydrogens (tertiary/aromatic N) is 3. The van der Waals surface area contributed by atoms with Crippen molar-refractivity contribution >= 4 is 22.7 Å². The Balaban J connectivity index is 1.76. The Labute approximate surface area is 144 Å². The molecule has 6 heteroatoms. The lowest BCUT2D eigenvalue weighted by Crippen LogP contribution is -2.26. The van der Waals surface area contributed by atoms with Gasteiger partial charge in [0.15, 0.2) is 5.16 Å². The fourth-order valence-electron chi connectivity index (χ4n) is 3.34. The number of hydrogen-bond acceptors (Lipinski definition) is 5. The Morgan fingerprint density at radius 1 is 1.29 bits per heavy atom. The highest BCUT2D eigenvalue weighted by Crippen LogP contribution is 2.32. The maximum absolute atomic E-state index is 13.0. The van der Waals surface area contributed by atoms with Crippen LogP contribution >= 0.6 is 11.8 Å². The van der Waals surface area contributed by atoms with Crippen molar-refractivity contribution in [3.8, 4) is 0 Å². The monoisotopic (exact) mass is 341 g/mol. The van der Waals surface area contributed by atoms with Crippen LogP contribution in [0.5, 0.6) is 0 Å². The first-order chi connectivity index (χ1) is 11.7. The summed E-state index contributed by atoms with van der Waals surface area (Å²) in [6, 6.07) is 9.77. The molecule has 2 aromatic heterocycles. The SMILES string of the molecule is Cc1cc(CSc2nc3ccccc3c(=O)n2C2CCCC2)no1. The number of thioether (sulfide) groups is 1. The Hall–Kier alpha value is -2.08. The lowest BCUT2D eigenvalue weighted by Gasteiger charge is -2.18. The number of fused-ring (bicyclic) bond motifs is 1. The first-order valence-corrected chi connectivity index (χ1v) is 9.27. The summed E-state index contributed by atoms with van der Waals surface area (Å²) >= 11 is 1.56. The fraction of sp³-hybridized carbons (Fsp3) is 0.389. The second-order valence-electron chi connectivity index (χ2n) is 6.24. The molecule has 1 fully saturated rings. The average Bonchev–Trinajstić information content (AvgIpc) is 3.25. The smallest absolute Gasteiger partial charge is 0.262 e. The number of hydrogen-bond donors (Lipinski definition) is 0. The number of aryl methyl sites for hydroxylation is 1. The molecule has 0 bridgehead atoms. The molecule has 3 aromatic rings. The van der Waals surface area contributed by atoms with Gasteiger partial charge in [-0.2, -0.15) is 0 Å². The van der Waals surface area contributed by atoms with Crippen molar-refractivity contribution in [2.24, 2.45) is 0 Å². The predicted octanol–water partition coefficient (Wildman–Crippen LogP) is 4.10. The molecule has 0 spiro atoms. The number of benzene rings is 1. The van der Waals surface area contributed by atoms with Crippen LogP contribution in [-0.2, 0) is 5.75 Å². The highest BCUT2D eigenvalue weighted by molar-refractivity contribution is 7.98. The standard InChI is InChI=1S/C18H19N3O2S/c1-12-10-13(20-23-12)11-24-18-19-16-9-5-4-8-15(16)17(22)21(18)14-6-2-3-7-14/h4-5,8-10,14H,2-3,6-7,11H2,1H3. The Bertz CT molecular complexity index is 925. The van der Waals surface area contributed by atoms with E-state index in [4.69, 9.17) is 9.51 Å². The van der Waals surface area contributed by atoms with Crippen LogP contribution in [0.2, 0.25) is 0 Å². The second-order valence-corrected chi connectivity index (χ2v) is 7.19. The summed E-state index contributed by atoms with van der Waals surface area (Å²) in [7, 11) is 0. The van der Waals surface area contributed by atoms with Crippen molar-refractivity contribution in [1.29, 1.82) is 0 Å². The van der Waals surface area contributed by atoms with Crippen LogP contribution in [0.15, 0.2) is 44.8 Å². The molecule has 1 aromatic carbocycles. The minimum absolute atomic E-state index is 0.0753. The van der Waals surface area contributed by atoms with Gasteiger partial charge in [-0.25, -0.2) is 4.98 Å². The minimum Gasteiger partial charge on any atom is -0.361 e. The third-order valence-electron chi connectivity index (χ3n) is 4.49. The Morgan fingerprint density at radius 3 is 2.83 bits per heavy atom. The molecule has 0 amide bonds. The molecule has 2 heterocycles. The van der Waals surface area contributed by atoms with E-state index in [2.05, 4.69) is 5.16 Å². The van der Waals surface area contributed by atoms with E-state index >= 15 is 0 Å². The summed E-state index contributed by atoms with van der Waals surface area (Å²) in [5.74, 6) is 1.44. The summed E-state index contributed by atoms with van der Waals surface area (Å²) in [6.07, 6.45) is 4.46. The van der Waals surface area contributed by atoms with Gasteiger partial charge in [-0.05, 0) is 31.9 Å². The van der Waals surface area contributed by atoms with Gasteiger partial charge in [0.05, 0.1) is 16.6 Å². The van der Waals surface area contributed by atoms with Crippen molar-refractivity contribution in [1.82, 2.24) is 14.7 Å². The predicted molar refractivity (Wildman–Crippen MR) is 94.3 cm³/mol. The van der Waals surface area contributed by atoms with E-state index in [1.807, 2.05) is 41.8 Å². The number of aromatic nitrogens is 3. The molecule has 0 unspecified atom stereocenters. The van der Waals surface area contributed by atoms with Gasteiger partial charge in [-0.15, -0.1) is 0 Å². The molecule has 0 atom stereocenters. The molecule has 124 valence electrons. The molecule has 1 aliphatic rings. The van der Waals surface area contributed by atoms with Gasteiger partial charge in [0.1, 0.15) is 5.76 Å². The summed E-state index contributed by atoms with van der Waals surface area (Å²) in [4.78, 5) is 17.8. The van der Waals surface area contributed by atoms with E-state index in [1.54, 1.807) is 11.8 Å². The Kier molecular flexibility index (Phi) is 4.14. The normalized spacial score (nSPS) is 15.4. The van der Waals surface area contributed by atoms with Gasteiger partial charge in [-0.3, -0.25) is 9.36 Å². The molecule has 0 saturated heterocycles. The molecular formula is C18H19N3O2S. The highest BCUT2D eigenvalue weighted by atomic mass is 32.2. The van der Waals surface area contributed by atoms with Gasteiger partial charge in [0.2, 0.25) is 0 Å². The van der Waals surface area contributed by atoms with Gasteiger partial charge in [-0.1, -0.05) is 41.9 Å². The maximum atomic E-state index is 13.0. The van der Waals surface area contributed by atoms with Gasteiger partial charge in [0.25, 0.3) is 5.56 Å². The average molecular weight is 341 g/mol. The molecule has 24 heavy (non-hydrogen) atoms. The molecule has 0 N–H and O–H groups in total. The van der Waals surface area contributed by atoms with Crippen LogP contribution in [-0.4, -0.2) is 14.7 Å². The van der Waals surface area contributed by atoms with E-state index < -0.39 is 0 Å². The lowest BCUT2D eigenvalue weighted by atomic mass is 10.2. The molecule has 5 nitrogen and oxygen atoms in total. The fourth-order valence-corrected chi connectivity index (χ4v) is 4.28. The van der Waals surface area contributed by atoms with E-state index in [9.17, 15) is 4.79 Å². The Morgan fingerprint density at radius 2 is 2.08 bits per heavy atom. The second kappa shape index (κ2) is 6.43. The van der Waals surface area contributed by atoms with Gasteiger partial charge in [0, 0.05) is 17.9 Å². The van der Waals surface area contributed by atoms with Crippen LogP contribution in [0, 0.1) is 6.92 Å². The zero-order valence-electron chi connectivity index (χ0n) is 13.6. The van der Waals surface area contributed by atoms with E-state index in [0.717, 1.165) is 35.0 Å². The zero-order chi connectivity index (χ0) is 16.5.